The fraction of sp³-hybridized carbons (Fsp3) is 0.594. The van der Waals surface area contributed by atoms with Crippen LogP contribution in [0, 0.1) is 11.7 Å². The number of hydrogen-bond acceptors (Lipinski definition) is 6. The molecule has 2 heterocycles. The molecule has 2 bridgehead atoms. The highest BCUT2D eigenvalue weighted by atomic mass is 19.1. The Kier molecular flexibility index (Phi) is 13.5. The summed E-state index contributed by atoms with van der Waals surface area (Å²) in [4.78, 5) is 32.1. The highest BCUT2D eigenvalue weighted by Gasteiger charge is 2.24. The minimum absolute atomic E-state index is 0.0288. The predicted octanol–water partition coefficient (Wildman–Crippen LogP) is 4.18. The summed E-state index contributed by atoms with van der Waals surface area (Å²) in [5.41, 5.74) is 2.75. The first-order chi connectivity index (χ1) is 19.8. The number of fused-ring (bicyclic) bond motifs is 2. The number of benzene rings is 1. The Hall–Kier alpha value is -3.04. The number of pyridine rings is 1. The van der Waals surface area contributed by atoms with Gasteiger partial charge in [-0.05, 0) is 66.8 Å². The van der Waals surface area contributed by atoms with E-state index in [1.165, 1.54) is 12.1 Å². The van der Waals surface area contributed by atoms with Gasteiger partial charge in [-0.25, -0.2) is 4.39 Å². The third kappa shape index (κ3) is 11.0. The number of hydrogen-bond donors (Lipinski definition) is 3. The number of halogens is 1. The lowest BCUT2D eigenvalue weighted by molar-refractivity contribution is -0.134. The highest BCUT2D eigenvalue weighted by Crippen LogP contribution is 2.22. The smallest absolute Gasteiger partial charge is 0.223 e. The van der Waals surface area contributed by atoms with Crippen LogP contribution in [0.3, 0.4) is 0 Å². The first-order valence-electron chi connectivity index (χ1n) is 15.1. The summed E-state index contributed by atoms with van der Waals surface area (Å²) in [6.07, 6.45) is 7.44. The standard InChI is InChI=1S/C32H47FN4O4/c1-4-7-24-10-12-37(11-5-2)32(40)9-8-31(39)36-29(16-25-14-27(33)17-28(15-25)41-22-24)30(38)21-35-20-26-13-23(6-3)18-34-19-26/h13-15,17-19,24,29-30,35,38H,4-12,16,20-22H2,1-3H3,(H,36,39). The maximum atomic E-state index is 14.6. The van der Waals surface area contributed by atoms with Crippen molar-refractivity contribution in [2.45, 2.75) is 90.8 Å². The van der Waals surface area contributed by atoms with E-state index in [1.54, 1.807) is 12.3 Å². The number of carbonyl (C=O) groups is 2. The molecular weight excluding hydrogens is 523 g/mol. The van der Waals surface area contributed by atoms with Gasteiger partial charge in [-0.1, -0.05) is 33.3 Å². The fourth-order valence-corrected chi connectivity index (χ4v) is 5.26. The van der Waals surface area contributed by atoms with Crippen molar-refractivity contribution in [2.75, 3.05) is 26.2 Å². The van der Waals surface area contributed by atoms with E-state index in [-0.39, 0.29) is 43.5 Å². The quantitative estimate of drug-likeness (QED) is 0.396. The number of aliphatic hydroxyl groups is 1. The Balaban J connectivity index is 1.78. The van der Waals surface area contributed by atoms with Gasteiger partial charge in [0.1, 0.15) is 11.6 Å². The van der Waals surface area contributed by atoms with Gasteiger partial charge in [0.15, 0.2) is 0 Å². The molecule has 1 aliphatic heterocycles. The molecule has 1 aliphatic rings. The topological polar surface area (TPSA) is 104 Å². The summed E-state index contributed by atoms with van der Waals surface area (Å²) in [6, 6.07) is 5.94. The molecule has 3 rings (SSSR count). The van der Waals surface area contributed by atoms with Crippen LogP contribution in [0.1, 0.15) is 76.0 Å². The lowest BCUT2D eigenvalue weighted by Gasteiger charge is -2.27. The second-order valence-electron chi connectivity index (χ2n) is 11.1. The average Bonchev–Trinajstić information content (AvgIpc) is 2.95. The summed E-state index contributed by atoms with van der Waals surface area (Å²) in [7, 11) is 0. The van der Waals surface area contributed by atoms with Crippen molar-refractivity contribution >= 4 is 11.8 Å². The predicted molar refractivity (Wildman–Crippen MR) is 158 cm³/mol. The summed E-state index contributed by atoms with van der Waals surface area (Å²) < 4.78 is 20.7. The normalized spacial score (nSPS) is 19.9. The van der Waals surface area contributed by atoms with Gasteiger partial charge >= 0.3 is 0 Å². The van der Waals surface area contributed by atoms with E-state index in [4.69, 9.17) is 4.74 Å². The molecule has 3 N–H and O–H groups in total. The molecular formula is C32H47FN4O4. The summed E-state index contributed by atoms with van der Waals surface area (Å²) in [5.74, 6) is -0.132. The van der Waals surface area contributed by atoms with Crippen LogP contribution in [0.5, 0.6) is 5.75 Å². The fourth-order valence-electron chi connectivity index (χ4n) is 5.26. The van der Waals surface area contributed by atoms with Gasteiger partial charge in [-0.3, -0.25) is 14.6 Å². The Morgan fingerprint density at radius 1 is 1.12 bits per heavy atom. The highest BCUT2D eigenvalue weighted by molar-refractivity contribution is 5.84. The molecule has 3 unspecified atom stereocenters. The van der Waals surface area contributed by atoms with Crippen LogP contribution in [0.15, 0.2) is 36.7 Å². The molecule has 8 nitrogen and oxygen atoms in total. The number of amides is 2. The molecule has 0 spiro atoms. The Bertz CT molecular complexity index is 1110. The van der Waals surface area contributed by atoms with Crippen LogP contribution in [0.4, 0.5) is 4.39 Å². The lowest BCUT2D eigenvalue weighted by atomic mass is 9.99. The number of nitrogens with zero attached hydrogens (tertiary/aromatic N) is 2. The minimum Gasteiger partial charge on any atom is -0.493 e. The van der Waals surface area contributed by atoms with Crippen LogP contribution >= 0.6 is 0 Å². The first kappa shape index (κ1) is 32.5. The molecule has 1 aromatic heterocycles. The van der Waals surface area contributed by atoms with E-state index in [0.717, 1.165) is 43.2 Å². The van der Waals surface area contributed by atoms with Crippen molar-refractivity contribution in [3.63, 3.8) is 0 Å². The van der Waals surface area contributed by atoms with Crippen LogP contribution < -0.4 is 15.4 Å². The molecule has 0 saturated heterocycles. The van der Waals surface area contributed by atoms with Gasteiger partial charge in [0.2, 0.25) is 11.8 Å². The van der Waals surface area contributed by atoms with Crippen LogP contribution in [0.2, 0.25) is 0 Å². The van der Waals surface area contributed by atoms with E-state index in [1.807, 2.05) is 18.0 Å². The second kappa shape index (κ2) is 17.0. The molecule has 0 fully saturated rings. The number of ether oxygens (including phenoxy) is 1. The zero-order chi connectivity index (χ0) is 29.6. The maximum Gasteiger partial charge on any atom is 0.223 e. The number of nitrogens with one attached hydrogen (secondary N) is 2. The molecule has 1 aromatic carbocycles. The van der Waals surface area contributed by atoms with Crippen LogP contribution in [-0.4, -0.2) is 65.2 Å². The van der Waals surface area contributed by atoms with Crippen molar-refractivity contribution in [1.82, 2.24) is 20.5 Å². The van der Waals surface area contributed by atoms with Crippen molar-refractivity contribution in [3.8, 4) is 5.75 Å². The largest absolute Gasteiger partial charge is 0.493 e. The maximum absolute atomic E-state index is 14.6. The lowest BCUT2D eigenvalue weighted by Crippen LogP contribution is -2.49. The Labute approximate surface area is 244 Å². The number of rotatable bonds is 10. The summed E-state index contributed by atoms with van der Waals surface area (Å²) in [5, 5.41) is 17.3. The Morgan fingerprint density at radius 2 is 1.93 bits per heavy atom. The zero-order valence-corrected chi connectivity index (χ0v) is 24.8. The van der Waals surface area contributed by atoms with Crippen molar-refractivity contribution in [3.05, 3.63) is 59.2 Å². The molecule has 9 heteroatoms. The van der Waals surface area contributed by atoms with Gasteiger partial charge in [0, 0.05) is 57.5 Å². The molecule has 3 atom stereocenters. The third-order valence-electron chi connectivity index (χ3n) is 7.54. The van der Waals surface area contributed by atoms with Crippen molar-refractivity contribution in [1.29, 1.82) is 0 Å². The van der Waals surface area contributed by atoms with Crippen molar-refractivity contribution in [2.24, 2.45) is 5.92 Å². The summed E-state index contributed by atoms with van der Waals surface area (Å²) >= 11 is 0. The first-order valence-corrected chi connectivity index (χ1v) is 15.1. The van der Waals surface area contributed by atoms with E-state index in [2.05, 4.69) is 35.5 Å². The van der Waals surface area contributed by atoms with Crippen LogP contribution in [-0.2, 0) is 29.0 Å². The van der Waals surface area contributed by atoms with Gasteiger partial charge in [0.05, 0.1) is 18.8 Å². The number of aryl methyl sites for hydroxylation is 1. The van der Waals surface area contributed by atoms with E-state index in [0.29, 0.717) is 37.6 Å². The Morgan fingerprint density at radius 3 is 2.68 bits per heavy atom. The SMILES string of the molecule is CCCC1CCN(CCC)C(=O)CCC(=O)NC(C(O)CNCc2cncc(CC)c2)Cc2cc(F)cc(c2)OC1. The zero-order valence-electron chi connectivity index (χ0n) is 24.8. The van der Waals surface area contributed by atoms with Gasteiger partial charge < -0.3 is 25.4 Å². The number of aromatic nitrogens is 1. The molecule has 41 heavy (non-hydrogen) atoms. The van der Waals surface area contributed by atoms with Gasteiger partial charge in [0.25, 0.3) is 0 Å². The number of carbonyl (C=O) groups excluding carboxylic acids is 2. The monoisotopic (exact) mass is 570 g/mol. The number of aliphatic hydroxyl groups excluding tert-OH is 1. The van der Waals surface area contributed by atoms with Crippen LogP contribution in [0.25, 0.3) is 0 Å². The average molecular weight is 571 g/mol. The minimum atomic E-state index is -0.950. The molecule has 0 radical (unpaired) electrons. The molecule has 226 valence electrons. The van der Waals surface area contributed by atoms with Crippen molar-refractivity contribution < 1.29 is 23.8 Å². The molecule has 2 aromatic rings. The van der Waals surface area contributed by atoms with E-state index < -0.39 is 18.0 Å². The van der Waals surface area contributed by atoms with Gasteiger partial charge in [-0.2, -0.15) is 0 Å². The second-order valence-corrected chi connectivity index (χ2v) is 11.1. The molecule has 0 aliphatic carbocycles. The van der Waals surface area contributed by atoms with E-state index >= 15 is 0 Å². The molecule has 0 saturated carbocycles. The third-order valence-corrected chi connectivity index (χ3v) is 7.54. The summed E-state index contributed by atoms with van der Waals surface area (Å²) in [6.45, 7) is 8.61. The molecule has 2 amide bonds. The van der Waals surface area contributed by atoms with E-state index in [9.17, 15) is 19.1 Å². The van der Waals surface area contributed by atoms with Gasteiger partial charge in [-0.15, -0.1) is 0 Å².